The van der Waals surface area contributed by atoms with Crippen molar-refractivity contribution in [2.75, 3.05) is 0 Å². The van der Waals surface area contributed by atoms with E-state index in [0.29, 0.717) is 12.8 Å². The Kier molecular flexibility index (Phi) is 7.04. The predicted octanol–water partition coefficient (Wildman–Crippen LogP) is 1.38. The minimum absolute atomic E-state index is 0. The van der Waals surface area contributed by atoms with Crippen molar-refractivity contribution < 1.29 is 45.6 Å². The summed E-state index contributed by atoms with van der Waals surface area (Å²) in [5, 5.41) is 17.6. The molecule has 0 aromatic rings. The summed E-state index contributed by atoms with van der Waals surface area (Å²) >= 11 is 0. The molecule has 7 nitrogen and oxygen atoms in total. The monoisotopic (exact) mass is 413 g/mol. The van der Waals surface area contributed by atoms with Gasteiger partial charge in [0, 0.05) is 0 Å². The molecular weight excluding hydrogens is 399 g/mol. The van der Waals surface area contributed by atoms with Crippen molar-refractivity contribution in [3.63, 3.8) is 0 Å². The molecule has 2 bridgehead atoms. The van der Waals surface area contributed by atoms with E-state index >= 15 is 0 Å². The molecule has 4 unspecified atom stereocenters. The van der Waals surface area contributed by atoms with E-state index in [9.17, 15) is 9.59 Å². The van der Waals surface area contributed by atoms with Gasteiger partial charge in [-0.1, -0.05) is 0 Å². The first-order valence-electron chi connectivity index (χ1n) is 4.22. The van der Waals surface area contributed by atoms with Gasteiger partial charge in [0.2, 0.25) is 0 Å². The van der Waals surface area contributed by atoms with E-state index in [1.54, 1.807) is 0 Å². The molecule has 96 valence electrons. The Morgan fingerprint density at radius 1 is 0.938 bits per heavy atom. The second-order valence-corrected chi connectivity index (χ2v) is 3.52. The van der Waals surface area contributed by atoms with E-state index in [0.717, 1.165) is 0 Å². The predicted molar refractivity (Wildman–Crippen MR) is 50.7 cm³/mol. The van der Waals surface area contributed by atoms with Crippen molar-refractivity contribution in [3.8, 4) is 0 Å². The van der Waals surface area contributed by atoms with Crippen LogP contribution in [0.2, 0.25) is 0 Å². The molecule has 2 rings (SSSR count). The summed E-state index contributed by atoms with van der Waals surface area (Å²) in [6.45, 7) is 0. The Bertz CT molecular complexity index is 249. The Morgan fingerprint density at radius 3 is 1.50 bits per heavy atom. The van der Waals surface area contributed by atoms with Crippen LogP contribution in [0.3, 0.4) is 0 Å². The summed E-state index contributed by atoms with van der Waals surface area (Å²) in [4.78, 5) is 21.5. The van der Waals surface area contributed by atoms with Crippen LogP contribution in [0.25, 0.3) is 12.3 Å². The van der Waals surface area contributed by atoms with Crippen LogP contribution in [0.15, 0.2) is 0 Å². The Morgan fingerprint density at radius 2 is 1.25 bits per heavy atom. The summed E-state index contributed by atoms with van der Waals surface area (Å²) < 4.78 is 5.26. The Hall–Kier alpha value is -0.492. The molecule has 0 spiro atoms. The minimum atomic E-state index is -1.06. The summed E-state index contributed by atoms with van der Waals surface area (Å²) in [7, 11) is 0. The third kappa shape index (κ3) is 2.60. The number of fused-ring (bicyclic) bond motifs is 2. The van der Waals surface area contributed by atoms with Crippen molar-refractivity contribution in [2.24, 2.45) is 11.8 Å². The second kappa shape index (κ2) is 6.29. The Labute approximate surface area is 107 Å². The van der Waals surface area contributed by atoms with E-state index < -0.39 is 23.8 Å². The topological polar surface area (TPSA) is 151 Å². The molecule has 0 amide bonds. The van der Waals surface area contributed by atoms with E-state index in [2.05, 4.69) is 0 Å². The fourth-order valence-electron chi connectivity index (χ4n) is 2.31. The zero-order valence-electron chi connectivity index (χ0n) is 8.31. The normalized spacial score (nSPS) is 34.2. The van der Waals surface area contributed by atoms with E-state index in [4.69, 9.17) is 14.9 Å². The molecule has 0 aromatic heterocycles. The number of carbonyl (C=O) groups is 2. The molecule has 2 saturated heterocycles. The maximum absolute atomic E-state index is 10.8. The minimum Gasteiger partial charge on any atom is -0.693 e. The molecule has 0 aliphatic carbocycles. The fraction of sp³-hybridized carbons (Fsp3) is 0.750. The van der Waals surface area contributed by atoms with Crippen LogP contribution < -0.4 is 0 Å². The van der Waals surface area contributed by atoms with Crippen LogP contribution in [0.4, 0.5) is 0 Å². The van der Waals surface area contributed by atoms with Crippen molar-refractivity contribution in [3.05, 3.63) is 12.3 Å². The van der Waals surface area contributed by atoms with Gasteiger partial charge in [-0.05, 0) is 12.8 Å². The zero-order chi connectivity index (χ0) is 9.59. The molecule has 16 heavy (non-hydrogen) atoms. The van der Waals surface area contributed by atoms with Crippen molar-refractivity contribution >= 4 is 11.9 Å². The summed E-state index contributed by atoms with van der Waals surface area (Å²) in [5.41, 5.74) is 0. The van der Waals surface area contributed by atoms with Crippen molar-refractivity contribution in [2.45, 2.75) is 25.0 Å². The van der Waals surface area contributed by atoms with E-state index in [1.807, 2.05) is 0 Å². The molecule has 6 N–H and O–H groups in total. The molecule has 0 saturated carbocycles. The third-order valence-corrected chi connectivity index (χ3v) is 2.84. The molecule has 4 atom stereocenters. The van der Waals surface area contributed by atoms with Gasteiger partial charge in [-0.2, -0.15) is 0 Å². The van der Waals surface area contributed by atoms with Gasteiger partial charge >= 0.3 is 33.0 Å². The second-order valence-electron chi connectivity index (χ2n) is 3.52. The number of ether oxygens (including phenoxy) is 1. The van der Waals surface area contributed by atoms with Gasteiger partial charge in [0.25, 0.3) is 0 Å². The largest absolute Gasteiger partial charge is 2.00 e. The van der Waals surface area contributed by atoms with Crippen LogP contribution in [0.5, 0.6) is 0 Å². The van der Waals surface area contributed by atoms with E-state index in [-0.39, 0.29) is 45.6 Å². The van der Waals surface area contributed by atoms with Gasteiger partial charge in [-0.3, -0.25) is 9.59 Å². The number of carboxylic acid groups (broad SMARTS) is 2. The van der Waals surface area contributed by atoms with Gasteiger partial charge < -0.3 is 27.3 Å². The quantitative estimate of drug-likeness (QED) is 0.701. The third-order valence-electron chi connectivity index (χ3n) is 2.84. The maximum Gasteiger partial charge on any atom is 2.00 e. The number of hydrogen-bond acceptors (Lipinski definition) is 3. The fourth-order valence-corrected chi connectivity index (χ4v) is 2.31. The number of nitrogens with two attached hydrogens (primary N) is 2. The van der Waals surface area contributed by atoms with Gasteiger partial charge in [0.1, 0.15) is 0 Å². The molecule has 0 radical (unpaired) electrons. The van der Waals surface area contributed by atoms with Gasteiger partial charge in [0.15, 0.2) is 0 Å². The summed E-state index contributed by atoms with van der Waals surface area (Å²) in [6, 6.07) is 0. The first kappa shape index (κ1) is 17.9. The van der Waals surface area contributed by atoms with Gasteiger partial charge in [-0.25, -0.2) is 0 Å². The van der Waals surface area contributed by atoms with Gasteiger partial charge in [-0.15, -0.1) is 0 Å². The molecule has 2 fully saturated rings. The summed E-state index contributed by atoms with van der Waals surface area (Å²) in [6.07, 6.45) is 0.573. The van der Waals surface area contributed by atoms with E-state index in [1.165, 1.54) is 0 Å². The average Bonchev–Trinajstić information content (AvgIpc) is 2.60. The first-order valence-corrected chi connectivity index (χ1v) is 4.22. The molecule has 0 aromatic carbocycles. The number of rotatable bonds is 2. The van der Waals surface area contributed by atoms with Crippen LogP contribution in [-0.2, 0) is 35.4 Å². The molecule has 2 aliphatic heterocycles. The first-order chi connectivity index (χ1) is 6.11. The average molecular weight is 413 g/mol. The maximum atomic E-state index is 10.8. The van der Waals surface area contributed by atoms with Crippen molar-refractivity contribution in [1.82, 2.24) is 0 Å². The summed E-state index contributed by atoms with van der Waals surface area (Å²) in [5.74, 6) is -3.81. The van der Waals surface area contributed by atoms with Gasteiger partial charge in [0.05, 0.1) is 24.0 Å². The number of carboxylic acids is 2. The Balaban J connectivity index is 0. The molecule has 8 heteroatoms. The standard InChI is InChI=1S/C8H10O5.2H2N.Pt/c9-7(10)5-3-1-2-4(13-3)6(5)8(11)12;;;/h3-6H,1-2H2,(H,9,10)(H,11,12);2*1H2;/q;2*-1;+2. The number of hydrogen-bond donors (Lipinski definition) is 2. The number of aliphatic carboxylic acids is 2. The van der Waals surface area contributed by atoms with Crippen LogP contribution >= 0.6 is 0 Å². The molecule has 2 heterocycles. The smallest absolute Gasteiger partial charge is 0.693 e. The SMILES string of the molecule is O=C(O)C1C2CCC(O2)C1C(=O)O.[NH2-].[NH2-].[Pt+2]. The van der Waals surface area contributed by atoms with Crippen molar-refractivity contribution in [1.29, 1.82) is 0 Å². The zero-order valence-corrected chi connectivity index (χ0v) is 10.6. The van der Waals surface area contributed by atoms with Crippen LogP contribution in [0, 0.1) is 11.8 Å². The molecular formula is C8H14N2O5Pt. The van der Waals surface area contributed by atoms with Crippen LogP contribution in [0.1, 0.15) is 12.8 Å². The van der Waals surface area contributed by atoms with Crippen LogP contribution in [-0.4, -0.2) is 34.4 Å². The molecule has 2 aliphatic rings.